The zero-order valence-electron chi connectivity index (χ0n) is 37.2. The smallest absolute Gasteiger partial charge is 0.242 e. The SMILES string of the molecule is CCC.CCC(C)NC.CCCCSC1CC(=O)N(CCCCCC(=O)N(C)C(C=O)C(C)C)C1=O.CC[C@H](C)[C@@H](C(CC=O)OC)N(C)C(=O)CNC.O. The van der Waals surface area contributed by atoms with E-state index in [1.807, 2.05) is 20.9 Å². The van der Waals surface area contributed by atoms with Gasteiger partial charge in [0.05, 0.1) is 30.0 Å². The Morgan fingerprint density at radius 1 is 0.927 bits per heavy atom. The van der Waals surface area contributed by atoms with Gasteiger partial charge >= 0.3 is 0 Å². The lowest BCUT2D eigenvalue weighted by atomic mass is 9.91. The highest BCUT2D eigenvalue weighted by atomic mass is 32.2. The number of carbonyl (C=O) groups excluding carboxylic acids is 6. The van der Waals surface area contributed by atoms with E-state index >= 15 is 0 Å². The molecular weight excluding hydrogens is 723 g/mol. The summed E-state index contributed by atoms with van der Waals surface area (Å²) < 4.78 is 5.38. The van der Waals surface area contributed by atoms with E-state index in [1.165, 1.54) is 22.6 Å². The van der Waals surface area contributed by atoms with E-state index in [2.05, 4.69) is 59.1 Å². The molecule has 1 fully saturated rings. The fourth-order valence-corrected chi connectivity index (χ4v) is 6.77. The Labute approximate surface area is 339 Å². The minimum absolute atomic E-state index is 0. The van der Waals surface area contributed by atoms with Crippen LogP contribution in [-0.4, -0.2) is 140 Å². The Morgan fingerprint density at radius 3 is 1.95 bits per heavy atom. The molecule has 13 nitrogen and oxygen atoms in total. The Hall–Kier alpha value is -2.39. The lowest BCUT2D eigenvalue weighted by molar-refractivity contribution is -0.138. The first kappa shape index (κ1) is 59.3. The van der Waals surface area contributed by atoms with Crippen LogP contribution in [0.2, 0.25) is 0 Å². The first-order valence-corrected chi connectivity index (χ1v) is 21.3. The summed E-state index contributed by atoms with van der Waals surface area (Å²) in [5.74, 6) is 1.13. The molecule has 0 aromatic carbocycles. The summed E-state index contributed by atoms with van der Waals surface area (Å²) in [7, 11) is 8.74. The molecule has 0 aliphatic carbocycles. The molecule has 0 bridgehead atoms. The molecule has 55 heavy (non-hydrogen) atoms. The van der Waals surface area contributed by atoms with Crippen LogP contribution >= 0.6 is 11.8 Å². The van der Waals surface area contributed by atoms with Gasteiger partial charge in [0.1, 0.15) is 12.6 Å². The Balaban J connectivity index is -0.000000399. The predicted octanol–water partition coefficient (Wildman–Crippen LogP) is 5.17. The van der Waals surface area contributed by atoms with E-state index < -0.39 is 0 Å². The maximum absolute atomic E-state index is 12.3. The van der Waals surface area contributed by atoms with Gasteiger partial charge in [-0.05, 0) is 64.3 Å². The van der Waals surface area contributed by atoms with E-state index in [1.54, 1.807) is 44.9 Å². The summed E-state index contributed by atoms with van der Waals surface area (Å²) in [5, 5.41) is 5.75. The zero-order chi connectivity index (χ0) is 42.2. The standard InChI is InChI=1S/C20H34N2O4S.C13H26N2O3.C5H13N.C3H8.H2O/c1-5-6-12-27-17-13-19(25)22(20(17)26)11-9-7-8-10-18(24)21(4)16(14-23)15(2)3;1-6-10(2)13(11(18-5)7-8-16)15(4)12(17)9-14-3;1-4-5(2)6-3;1-3-2;/h14-17H,5-13H2,1-4H3;8,10-11,13-14H,6-7,9H2,1-5H3;5-6H,4H2,1-3H3;3H2,1-2H3;1H2/t;10-,11?,13-;;;/m.0.../s1. The molecule has 14 heteroatoms. The van der Waals surface area contributed by atoms with E-state index in [0.717, 1.165) is 44.0 Å². The summed E-state index contributed by atoms with van der Waals surface area (Å²) in [5.41, 5.74) is 0. The number of nitrogens with one attached hydrogen (secondary N) is 2. The average molecular weight is 806 g/mol. The second-order valence-corrected chi connectivity index (χ2v) is 15.7. The van der Waals surface area contributed by atoms with Gasteiger partial charge in [0, 0.05) is 53.1 Å². The topological polar surface area (TPSA) is 177 Å². The third-order valence-corrected chi connectivity index (χ3v) is 10.8. The van der Waals surface area contributed by atoms with E-state index in [0.29, 0.717) is 51.2 Å². The van der Waals surface area contributed by atoms with Crippen molar-refractivity contribution in [1.82, 2.24) is 25.3 Å². The van der Waals surface area contributed by atoms with Gasteiger partial charge in [0.15, 0.2) is 0 Å². The van der Waals surface area contributed by atoms with E-state index in [4.69, 9.17) is 4.74 Å². The van der Waals surface area contributed by atoms with Crippen molar-refractivity contribution < 1.29 is 39.0 Å². The summed E-state index contributed by atoms with van der Waals surface area (Å²) in [4.78, 5) is 75.0. The number of ether oxygens (including phenoxy) is 1. The molecule has 326 valence electrons. The van der Waals surface area contributed by atoms with Crippen LogP contribution in [0.3, 0.4) is 0 Å². The number of likely N-dealkylation sites (N-methyl/N-ethyl adjacent to an activating group) is 3. The number of thioether (sulfide) groups is 1. The summed E-state index contributed by atoms with van der Waals surface area (Å²) in [6.45, 7) is 19.4. The number of amides is 4. The number of carbonyl (C=O) groups is 6. The first-order valence-electron chi connectivity index (χ1n) is 20.3. The van der Waals surface area contributed by atoms with Gasteiger partial charge in [-0.3, -0.25) is 24.1 Å². The fraction of sp³-hybridized carbons (Fsp3) is 0.854. The first-order chi connectivity index (χ1) is 25.6. The van der Waals surface area contributed by atoms with Crippen molar-refractivity contribution in [2.75, 3.05) is 54.1 Å². The maximum Gasteiger partial charge on any atom is 0.242 e. The molecule has 1 aliphatic rings. The predicted molar refractivity (Wildman–Crippen MR) is 228 cm³/mol. The molecular formula is C41H83N5O8S. The number of hydrogen-bond acceptors (Lipinski definition) is 10. The van der Waals surface area contributed by atoms with Crippen LogP contribution in [0.4, 0.5) is 0 Å². The molecule has 0 saturated carbocycles. The Kier molecular flexibility index (Phi) is 40.1. The molecule has 1 aliphatic heterocycles. The molecule has 4 N–H and O–H groups in total. The van der Waals surface area contributed by atoms with E-state index in [-0.39, 0.29) is 64.4 Å². The summed E-state index contributed by atoms with van der Waals surface area (Å²) in [6, 6.07) is 0.218. The van der Waals surface area contributed by atoms with Gasteiger partial charge in [-0.25, -0.2) is 0 Å². The maximum atomic E-state index is 12.3. The summed E-state index contributed by atoms with van der Waals surface area (Å²) in [6.07, 6.45) is 10.2. The van der Waals surface area contributed by atoms with Gasteiger partial charge in [-0.1, -0.05) is 81.1 Å². The monoisotopic (exact) mass is 806 g/mol. The third-order valence-electron chi connectivity index (χ3n) is 9.47. The van der Waals surface area contributed by atoms with Gasteiger partial charge in [-0.2, -0.15) is 0 Å². The second-order valence-electron chi connectivity index (χ2n) is 14.4. The van der Waals surface area contributed by atoms with Crippen molar-refractivity contribution in [2.24, 2.45) is 11.8 Å². The number of imide groups is 1. The minimum atomic E-state index is -0.389. The number of likely N-dealkylation sites (tertiary alicyclic amines) is 1. The lowest BCUT2D eigenvalue weighted by Gasteiger charge is -2.37. The molecule has 0 spiro atoms. The van der Waals surface area contributed by atoms with Crippen LogP contribution < -0.4 is 10.6 Å². The highest BCUT2D eigenvalue weighted by Gasteiger charge is 2.38. The molecule has 1 heterocycles. The van der Waals surface area contributed by atoms with Gasteiger partial charge in [0.25, 0.3) is 0 Å². The van der Waals surface area contributed by atoms with Crippen molar-refractivity contribution in [2.45, 2.75) is 162 Å². The number of aldehydes is 2. The minimum Gasteiger partial charge on any atom is -0.412 e. The highest BCUT2D eigenvalue weighted by molar-refractivity contribution is 8.00. The third kappa shape index (κ3) is 25.5. The number of rotatable bonds is 24. The fourth-order valence-electron chi connectivity index (χ4n) is 5.50. The molecule has 0 radical (unpaired) electrons. The van der Waals surface area contributed by atoms with Gasteiger partial charge in [0.2, 0.25) is 23.6 Å². The molecule has 6 atom stereocenters. The number of hydrogen-bond donors (Lipinski definition) is 2. The normalized spacial score (nSPS) is 16.1. The quantitative estimate of drug-likeness (QED) is 0.0752. The Morgan fingerprint density at radius 2 is 1.53 bits per heavy atom. The second kappa shape index (κ2) is 37.2. The largest absolute Gasteiger partial charge is 0.412 e. The Bertz CT molecular complexity index is 1020. The lowest BCUT2D eigenvalue weighted by Crippen LogP contribution is -2.51. The average Bonchev–Trinajstić information content (AvgIpc) is 3.42. The number of methoxy groups -OCH3 is 1. The van der Waals surface area contributed by atoms with Crippen LogP contribution in [0.25, 0.3) is 0 Å². The zero-order valence-corrected chi connectivity index (χ0v) is 38.0. The molecule has 4 unspecified atom stereocenters. The van der Waals surface area contributed by atoms with Crippen LogP contribution in [-0.2, 0) is 33.5 Å². The van der Waals surface area contributed by atoms with Crippen molar-refractivity contribution in [1.29, 1.82) is 0 Å². The summed E-state index contributed by atoms with van der Waals surface area (Å²) >= 11 is 1.59. The van der Waals surface area contributed by atoms with Crippen LogP contribution in [0, 0.1) is 11.8 Å². The van der Waals surface area contributed by atoms with Crippen molar-refractivity contribution in [3.63, 3.8) is 0 Å². The van der Waals surface area contributed by atoms with Crippen LogP contribution in [0.1, 0.15) is 133 Å². The highest BCUT2D eigenvalue weighted by Crippen LogP contribution is 2.26. The number of nitrogens with zero attached hydrogens (tertiary/aromatic N) is 3. The van der Waals surface area contributed by atoms with Gasteiger partial charge < -0.3 is 40.2 Å². The van der Waals surface area contributed by atoms with Crippen LogP contribution in [0.15, 0.2) is 0 Å². The molecule has 4 amide bonds. The molecule has 1 saturated heterocycles. The number of unbranched alkanes of at least 4 members (excludes halogenated alkanes) is 3. The van der Waals surface area contributed by atoms with E-state index in [9.17, 15) is 28.8 Å². The van der Waals surface area contributed by atoms with Gasteiger partial charge in [-0.15, -0.1) is 11.8 Å². The molecule has 0 aromatic heterocycles. The van der Waals surface area contributed by atoms with Crippen molar-refractivity contribution in [3.8, 4) is 0 Å². The molecule has 1 rings (SSSR count). The van der Waals surface area contributed by atoms with Crippen LogP contribution in [0.5, 0.6) is 0 Å². The van der Waals surface area contributed by atoms with Crippen molar-refractivity contribution in [3.05, 3.63) is 0 Å². The van der Waals surface area contributed by atoms with Crippen molar-refractivity contribution >= 4 is 48.0 Å². The molecule has 0 aromatic rings.